The van der Waals surface area contributed by atoms with Gasteiger partial charge in [0.25, 0.3) is 0 Å². The standard InChI is InChI=1S/C32H42ClN3O5Si/c1-23(31(39)36(2)17-16-24-10-5-3-6-11-24)18-28(21-37)34-30(38)29(20-25-12-7-4-8-13-25)42-35-32(40)41-22-26-14-9-15-27(33)19-26/h3,5-6,9-11,14-15,19,21,23,25,28-29H,4,7-8,12-13,16-18,20,22H2,1-2H3,(H,34,38)(H,35,40)/t23?,28-,29-/m0/s1. The molecule has 0 heterocycles. The van der Waals surface area contributed by atoms with Crippen molar-refractivity contribution in [3.63, 3.8) is 0 Å². The maximum atomic E-state index is 13.4. The number of nitrogens with one attached hydrogen (secondary N) is 2. The second-order valence-corrected chi connectivity index (χ2v) is 12.8. The Bertz CT molecular complexity index is 1160. The second kappa shape index (κ2) is 17.7. The minimum absolute atomic E-state index is 0.0648. The summed E-state index contributed by atoms with van der Waals surface area (Å²) in [6.07, 6.45) is 7.20. The lowest BCUT2D eigenvalue weighted by atomic mass is 9.86. The molecule has 42 heavy (non-hydrogen) atoms. The van der Waals surface area contributed by atoms with E-state index in [1.807, 2.05) is 36.4 Å². The highest BCUT2D eigenvalue weighted by molar-refractivity contribution is 6.44. The van der Waals surface area contributed by atoms with Crippen molar-refractivity contribution in [2.24, 2.45) is 11.8 Å². The molecule has 3 rings (SSSR count). The quantitative estimate of drug-likeness (QED) is 0.209. The lowest BCUT2D eigenvalue weighted by Crippen LogP contribution is -2.45. The highest BCUT2D eigenvalue weighted by atomic mass is 35.5. The van der Waals surface area contributed by atoms with Crippen LogP contribution in [0.15, 0.2) is 54.6 Å². The number of likely N-dealkylation sites (N-methyl/N-ethyl adjacent to an activating group) is 1. The Kier molecular flexibility index (Phi) is 14.1. The molecule has 3 amide bonds. The van der Waals surface area contributed by atoms with Crippen LogP contribution in [0.2, 0.25) is 10.6 Å². The van der Waals surface area contributed by atoms with E-state index in [9.17, 15) is 19.2 Å². The van der Waals surface area contributed by atoms with Gasteiger partial charge in [-0.3, -0.25) is 9.59 Å². The van der Waals surface area contributed by atoms with E-state index in [1.54, 1.807) is 37.1 Å². The molecule has 10 heteroatoms. The third-order valence-corrected chi connectivity index (χ3v) is 9.12. The first-order valence-corrected chi connectivity index (χ1v) is 16.2. The van der Waals surface area contributed by atoms with Gasteiger partial charge in [0.05, 0.1) is 11.6 Å². The Morgan fingerprint density at radius 1 is 1.07 bits per heavy atom. The molecule has 8 nitrogen and oxygen atoms in total. The van der Waals surface area contributed by atoms with Crippen molar-refractivity contribution < 1.29 is 23.9 Å². The normalized spacial score (nSPS) is 15.6. The number of carbonyl (C=O) groups is 4. The van der Waals surface area contributed by atoms with Crippen molar-refractivity contribution in [1.82, 2.24) is 15.2 Å². The molecule has 0 saturated heterocycles. The maximum Gasteiger partial charge on any atom is 0.399 e. The number of amides is 3. The first kappa shape index (κ1) is 33.3. The zero-order valence-electron chi connectivity index (χ0n) is 24.5. The van der Waals surface area contributed by atoms with Gasteiger partial charge in [-0.15, -0.1) is 0 Å². The summed E-state index contributed by atoms with van der Waals surface area (Å²) in [5.41, 5.74) is 1.42. The molecule has 2 aromatic carbocycles. The SMILES string of the molecule is CC(C[C@@H](C=O)NC(=O)[C@H](CC1CCCCC1)[Si]NC(=O)OCc1cccc(Cl)c1)C(=O)N(C)CCc1ccccc1. The Balaban J connectivity index is 1.52. The van der Waals surface area contributed by atoms with Crippen LogP contribution in [0.25, 0.3) is 0 Å². The van der Waals surface area contributed by atoms with Crippen LogP contribution in [0.4, 0.5) is 4.79 Å². The van der Waals surface area contributed by atoms with Gasteiger partial charge >= 0.3 is 6.09 Å². The maximum absolute atomic E-state index is 13.4. The fourth-order valence-corrected chi connectivity index (χ4v) is 6.53. The van der Waals surface area contributed by atoms with Crippen molar-refractivity contribution in [3.8, 4) is 0 Å². The molecule has 1 aliphatic rings. The number of carbonyl (C=O) groups excluding carboxylic acids is 4. The zero-order valence-corrected chi connectivity index (χ0v) is 26.3. The average Bonchev–Trinajstić information content (AvgIpc) is 3.01. The average molecular weight is 612 g/mol. The van der Waals surface area contributed by atoms with E-state index >= 15 is 0 Å². The van der Waals surface area contributed by atoms with Gasteiger partial charge in [0.2, 0.25) is 11.8 Å². The van der Waals surface area contributed by atoms with Crippen LogP contribution in [-0.4, -0.2) is 58.4 Å². The summed E-state index contributed by atoms with van der Waals surface area (Å²) in [5, 5.41) is 3.41. The van der Waals surface area contributed by atoms with Gasteiger partial charge < -0.3 is 24.7 Å². The molecule has 1 unspecified atom stereocenters. The van der Waals surface area contributed by atoms with Crippen molar-refractivity contribution in [2.45, 2.75) is 76.5 Å². The van der Waals surface area contributed by atoms with E-state index in [0.717, 1.165) is 43.2 Å². The van der Waals surface area contributed by atoms with E-state index in [-0.39, 0.29) is 34.5 Å². The topological polar surface area (TPSA) is 105 Å². The number of aldehydes is 1. The Morgan fingerprint density at radius 3 is 2.48 bits per heavy atom. The molecule has 1 fully saturated rings. The number of rotatable bonds is 15. The van der Waals surface area contributed by atoms with Crippen LogP contribution in [0.5, 0.6) is 0 Å². The Hall–Kier alpha value is -3.17. The van der Waals surface area contributed by atoms with Crippen LogP contribution < -0.4 is 10.3 Å². The fraction of sp³-hybridized carbons (Fsp3) is 0.500. The van der Waals surface area contributed by atoms with Crippen molar-refractivity contribution in [3.05, 3.63) is 70.7 Å². The van der Waals surface area contributed by atoms with E-state index in [0.29, 0.717) is 30.2 Å². The molecule has 2 aromatic rings. The van der Waals surface area contributed by atoms with Crippen molar-refractivity contribution in [2.75, 3.05) is 13.6 Å². The molecule has 226 valence electrons. The summed E-state index contributed by atoms with van der Waals surface area (Å²) in [4.78, 5) is 55.2. The second-order valence-electron chi connectivity index (χ2n) is 11.2. The minimum atomic E-state index is -0.799. The van der Waals surface area contributed by atoms with Gasteiger partial charge in [-0.2, -0.15) is 0 Å². The molecule has 2 N–H and O–H groups in total. The molecule has 0 aliphatic heterocycles. The van der Waals surface area contributed by atoms with Crippen LogP contribution >= 0.6 is 11.6 Å². The van der Waals surface area contributed by atoms with E-state index in [2.05, 4.69) is 10.3 Å². The summed E-state index contributed by atoms with van der Waals surface area (Å²) in [7, 11) is 1.55. The minimum Gasteiger partial charge on any atom is -0.445 e. The van der Waals surface area contributed by atoms with Crippen LogP contribution in [-0.2, 0) is 32.1 Å². The van der Waals surface area contributed by atoms with E-state index in [4.69, 9.17) is 16.3 Å². The van der Waals surface area contributed by atoms with Crippen molar-refractivity contribution in [1.29, 1.82) is 0 Å². The number of halogens is 1. The smallest absolute Gasteiger partial charge is 0.399 e. The predicted octanol–water partition coefficient (Wildman–Crippen LogP) is 5.36. The molecule has 3 atom stereocenters. The predicted molar refractivity (Wildman–Crippen MR) is 165 cm³/mol. The molecule has 0 aromatic heterocycles. The van der Waals surface area contributed by atoms with Crippen LogP contribution in [0.1, 0.15) is 63.0 Å². The van der Waals surface area contributed by atoms with Gasteiger partial charge in [0, 0.05) is 24.5 Å². The molecule has 1 aliphatic carbocycles. The van der Waals surface area contributed by atoms with Gasteiger partial charge in [-0.25, -0.2) is 4.79 Å². The van der Waals surface area contributed by atoms with Crippen molar-refractivity contribution >= 4 is 45.5 Å². The first-order chi connectivity index (χ1) is 20.2. The number of ether oxygens (including phenoxy) is 1. The van der Waals surface area contributed by atoms with Crippen LogP contribution in [0.3, 0.4) is 0 Å². The third kappa shape index (κ3) is 11.6. The Labute approximate surface area is 256 Å². The number of nitrogens with zero attached hydrogens (tertiary/aromatic N) is 1. The van der Waals surface area contributed by atoms with Gasteiger partial charge in [0.15, 0.2) is 9.68 Å². The lowest BCUT2D eigenvalue weighted by Gasteiger charge is -2.27. The van der Waals surface area contributed by atoms with E-state index in [1.165, 1.54) is 6.42 Å². The molecule has 2 radical (unpaired) electrons. The highest BCUT2D eigenvalue weighted by Gasteiger charge is 2.29. The van der Waals surface area contributed by atoms with Crippen LogP contribution in [0, 0.1) is 11.8 Å². The number of hydrogen-bond acceptors (Lipinski definition) is 5. The lowest BCUT2D eigenvalue weighted by molar-refractivity contribution is -0.134. The summed E-state index contributed by atoms with van der Waals surface area (Å²) in [6, 6.07) is 16.2. The van der Waals surface area contributed by atoms with Gasteiger partial charge in [-0.1, -0.05) is 93.1 Å². The largest absolute Gasteiger partial charge is 0.445 e. The first-order valence-electron chi connectivity index (χ1n) is 14.7. The molecular weight excluding hydrogens is 570 g/mol. The third-order valence-electron chi connectivity index (χ3n) is 7.69. The summed E-state index contributed by atoms with van der Waals surface area (Å²) >= 11 is 6.00. The Morgan fingerprint density at radius 2 is 1.79 bits per heavy atom. The zero-order chi connectivity index (χ0) is 30.3. The fourth-order valence-electron chi connectivity index (χ4n) is 5.29. The molecule has 1 saturated carbocycles. The summed E-state index contributed by atoms with van der Waals surface area (Å²) in [6.45, 7) is 2.41. The summed E-state index contributed by atoms with van der Waals surface area (Å²) < 4.78 is 5.32. The number of benzene rings is 2. The van der Waals surface area contributed by atoms with E-state index < -0.39 is 23.6 Å². The monoisotopic (exact) mass is 611 g/mol. The number of hydrogen-bond donors (Lipinski definition) is 2. The molecule has 0 spiro atoms. The summed E-state index contributed by atoms with van der Waals surface area (Å²) in [5.74, 6) is -0.417. The molecular formula is C32H42ClN3O5Si. The molecule has 0 bridgehead atoms. The van der Waals surface area contributed by atoms with Gasteiger partial charge in [-0.05, 0) is 48.4 Å². The highest BCUT2D eigenvalue weighted by Crippen LogP contribution is 2.31. The van der Waals surface area contributed by atoms with Gasteiger partial charge in [0.1, 0.15) is 12.9 Å².